The molecule has 4 rings (SSSR count). The van der Waals surface area contributed by atoms with E-state index in [1.54, 1.807) is 12.3 Å². The van der Waals surface area contributed by atoms with E-state index in [2.05, 4.69) is 9.88 Å². The zero-order chi connectivity index (χ0) is 24.9. The van der Waals surface area contributed by atoms with Crippen LogP contribution in [0.5, 0.6) is 0 Å². The number of thioether (sulfide) groups is 1. The fourth-order valence-corrected chi connectivity index (χ4v) is 5.81. The van der Waals surface area contributed by atoms with Crippen LogP contribution < -0.4 is 39.6 Å². The summed E-state index contributed by atoms with van der Waals surface area (Å²) in [6.45, 7) is 1.35. The minimum Gasteiger partial charge on any atom is -0.548 e. The van der Waals surface area contributed by atoms with Gasteiger partial charge < -0.3 is 19.8 Å². The van der Waals surface area contributed by atoms with E-state index in [0.717, 1.165) is 44.4 Å². The van der Waals surface area contributed by atoms with Crippen molar-refractivity contribution in [3.05, 3.63) is 70.8 Å². The second-order valence-electron chi connectivity index (χ2n) is 7.91. The van der Waals surface area contributed by atoms with Crippen molar-refractivity contribution in [2.45, 2.75) is 12.5 Å². The van der Waals surface area contributed by atoms with Crippen molar-refractivity contribution in [2.75, 3.05) is 29.7 Å². The van der Waals surface area contributed by atoms with Crippen molar-refractivity contribution in [3.63, 3.8) is 0 Å². The number of fused-ring (bicyclic) bond motifs is 1. The predicted molar refractivity (Wildman–Crippen MR) is 146 cm³/mol. The summed E-state index contributed by atoms with van der Waals surface area (Å²) in [4.78, 5) is 32.0. The van der Waals surface area contributed by atoms with E-state index < -0.39 is 17.9 Å². The van der Waals surface area contributed by atoms with Crippen LogP contribution in [0.4, 0.5) is 5.69 Å². The molecule has 0 spiro atoms. The molecule has 1 unspecified atom stereocenters. The Morgan fingerprint density at radius 3 is 2.44 bits per heavy atom. The average Bonchev–Trinajstić information content (AvgIpc) is 3.38. The number of benzene rings is 2. The van der Waals surface area contributed by atoms with Crippen LogP contribution in [0.1, 0.15) is 11.1 Å². The number of hydrogen-bond acceptors (Lipinski definition) is 6. The number of nitrogens with zero attached hydrogens (tertiary/aromatic N) is 2. The first-order valence-corrected chi connectivity index (χ1v) is 13.2. The van der Waals surface area contributed by atoms with E-state index in [0.29, 0.717) is 29.8 Å². The van der Waals surface area contributed by atoms with E-state index in [1.165, 1.54) is 0 Å². The first-order valence-electron chi connectivity index (χ1n) is 10.9. The monoisotopic (exact) mass is 569 g/mol. The molecule has 1 fully saturated rings. The Balaban J connectivity index is 0.00000361. The molecule has 0 aliphatic carbocycles. The van der Waals surface area contributed by atoms with Gasteiger partial charge in [-0.15, -0.1) is 23.2 Å². The fraction of sp³-hybridized carbons (Fsp3) is 0.240. The summed E-state index contributed by atoms with van der Waals surface area (Å²) in [7, 11) is 0. The van der Waals surface area contributed by atoms with Crippen molar-refractivity contribution < 1.29 is 44.3 Å². The number of aromatic nitrogens is 1. The van der Waals surface area contributed by atoms with Crippen molar-refractivity contribution >= 4 is 86.0 Å². The number of halogens is 2. The van der Waals surface area contributed by atoms with Crippen LogP contribution >= 0.6 is 47.2 Å². The number of para-hydroxylation sites is 1. The van der Waals surface area contributed by atoms with Gasteiger partial charge in [0.05, 0.1) is 16.9 Å². The van der Waals surface area contributed by atoms with Gasteiger partial charge in [0.15, 0.2) is 0 Å². The Hall–Kier alpha value is -1.52. The third-order valence-corrected chi connectivity index (χ3v) is 7.43. The third kappa shape index (κ3) is 6.48. The second kappa shape index (κ2) is 13.3. The molecule has 2 heterocycles. The summed E-state index contributed by atoms with van der Waals surface area (Å²) in [5.41, 5.74) is 3.45. The Morgan fingerprint density at radius 2 is 1.81 bits per heavy atom. The number of carbonyl (C=O) groups is 2. The van der Waals surface area contributed by atoms with E-state index in [1.807, 2.05) is 48.5 Å². The van der Waals surface area contributed by atoms with E-state index >= 15 is 0 Å². The molecule has 0 bridgehead atoms. The molecule has 11 heteroatoms. The number of rotatable bonds is 10. The number of aliphatic carboxylic acids is 1. The summed E-state index contributed by atoms with van der Waals surface area (Å²) in [5.74, 6) is -0.821. The molecular formula is C25H22Cl2N3NaO3S2. The SMILES string of the molecule is O=C([O-])C(Cc1c[nH]c2ccccc12)N1C(=O)/C(=C/c2ccc(N(CCCl)CCCl)cc2)SC1=S.[Na+]. The first kappa shape index (κ1) is 29.0. The van der Waals surface area contributed by atoms with Crippen molar-refractivity contribution in [1.82, 2.24) is 9.88 Å². The standard InChI is InChI=1S/C25H23Cl2N3O3S2.Na/c26-9-11-29(12-10-27)18-7-5-16(6-8-18)13-22-23(31)30(25(34)35-22)21(24(32)33)14-17-15-28-20-4-2-1-3-19(17)20;/h1-8,13,15,21,28H,9-12,14H2,(H,32,33);/q;+1/p-1/b22-13-;. The molecule has 2 aromatic carbocycles. The third-order valence-electron chi connectivity index (χ3n) is 5.76. The van der Waals surface area contributed by atoms with Gasteiger partial charge in [0.25, 0.3) is 5.91 Å². The topological polar surface area (TPSA) is 79.5 Å². The molecule has 1 aliphatic heterocycles. The number of carboxylic acids is 1. The number of thiocarbonyl (C=S) groups is 1. The van der Waals surface area contributed by atoms with Gasteiger partial charge in [0, 0.05) is 54.1 Å². The van der Waals surface area contributed by atoms with Crippen molar-refractivity contribution in [3.8, 4) is 0 Å². The quantitative estimate of drug-likeness (QED) is 0.170. The Bertz CT molecular complexity index is 1280. The van der Waals surface area contributed by atoms with Crippen LogP contribution in [0, 0.1) is 0 Å². The average molecular weight is 570 g/mol. The second-order valence-corrected chi connectivity index (χ2v) is 10.3. The molecular weight excluding hydrogens is 548 g/mol. The maximum absolute atomic E-state index is 13.2. The smallest absolute Gasteiger partial charge is 0.548 e. The van der Waals surface area contributed by atoms with E-state index in [9.17, 15) is 14.7 Å². The van der Waals surface area contributed by atoms with Gasteiger partial charge in [-0.25, -0.2) is 0 Å². The Morgan fingerprint density at radius 1 is 1.14 bits per heavy atom. The molecule has 6 nitrogen and oxygen atoms in total. The summed E-state index contributed by atoms with van der Waals surface area (Å²) in [5, 5.41) is 13.0. The molecule has 1 amide bonds. The molecule has 1 aliphatic rings. The first-order chi connectivity index (χ1) is 16.9. The number of alkyl halides is 2. The molecule has 0 saturated carbocycles. The largest absolute Gasteiger partial charge is 1.00 e. The normalized spacial score (nSPS) is 15.4. The molecule has 1 aromatic heterocycles. The predicted octanol–water partition coefficient (Wildman–Crippen LogP) is 1.02. The number of hydrogen-bond donors (Lipinski definition) is 1. The molecule has 1 saturated heterocycles. The number of carboxylic acid groups (broad SMARTS) is 1. The summed E-state index contributed by atoms with van der Waals surface area (Å²) >= 11 is 18.3. The molecule has 1 atom stereocenters. The van der Waals surface area contributed by atoms with Crippen LogP contribution in [-0.4, -0.2) is 57.0 Å². The van der Waals surface area contributed by atoms with Gasteiger partial charge in [-0.2, -0.15) is 0 Å². The van der Waals surface area contributed by atoms with Crippen LogP contribution in [0.25, 0.3) is 17.0 Å². The van der Waals surface area contributed by atoms with E-state index in [-0.39, 0.29) is 40.3 Å². The Labute approximate surface area is 251 Å². The number of H-pyrrole nitrogens is 1. The minimum absolute atomic E-state index is 0. The van der Waals surface area contributed by atoms with Gasteiger partial charge in [-0.1, -0.05) is 54.3 Å². The minimum atomic E-state index is -1.35. The summed E-state index contributed by atoms with van der Waals surface area (Å²) in [6.07, 6.45) is 3.56. The molecule has 182 valence electrons. The van der Waals surface area contributed by atoms with Gasteiger partial charge in [-0.05, 0) is 35.4 Å². The molecule has 0 radical (unpaired) electrons. The van der Waals surface area contributed by atoms with Gasteiger partial charge in [-0.3, -0.25) is 9.69 Å². The number of anilines is 1. The fourth-order valence-electron chi connectivity index (χ4n) is 4.04. The van der Waals surface area contributed by atoms with Crippen LogP contribution in [0.15, 0.2) is 59.6 Å². The zero-order valence-corrected chi connectivity index (χ0v) is 24.7. The number of aromatic amines is 1. The van der Waals surface area contributed by atoms with Gasteiger partial charge in [0.1, 0.15) is 4.32 Å². The zero-order valence-electron chi connectivity index (χ0n) is 19.6. The molecule has 1 N–H and O–H groups in total. The summed E-state index contributed by atoms with van der Waals surface area (Å²) in [6, 6.07) is 14.0. The van der Waals surface area contributed by atoms with Crippen molar-refractivity contribution in [1.29, 1.82) is 0 Å². The van der Waals surface area contributed by atoms with Crippen LogP contribution in [0.2, 0.25) is 0 Å². The Kier molecular flexibility index (Phi) is 10.8. The number of amides is 1. The summed E-state index contributed by atoms with van der Waals surface area (Å²) < 4.78 is 0.197. The number of nitrogens with one attached hydrogen (secondary N) is 1. The van der Waals surface area contributed by atoms with E-state index in [4.69, 9.17) is 35.4 Å². The number of carbonyl (C=O) groups excluding carboxylic acids is 2. The van der Waals surface area contributed by atoms with Crippen LogP contribution in [-0.2, 0) is 16.0 Å². The molecule has 36 heavy (non-hydrogen) atoms. The molecule has 3 aromatic rings. The maximum atomic E-state index is 13.2. The van der Waals surface area contributed by atoms with Crippen molar-refractivity contribution in [2.24, 2.45) is 0 Å². The van der Waals surface area contributed by atoms with Gasteiger partial charge >= 0.3 is 29.6 Å². The van der Waals surface area contributed by atoms with Crippen LogP contribution in [0.3, 0.4) is 0 Å². The maximum Gasteiger partial charge on any atom is 1.00 e. The van der Waals surface area contributed by atoms with Gasteiger partial charge in [0.2, 0.25) is 0 Å².